The molecule has 1 amide bonds. The molecule has 0 radical (unpaired) electrons. The highest BCUT2D eigenvalue weighted by atomic mass is 127. The minimum Gasteiger partial charge on any atom is -0.355 e. The zero-order valence-electron chi connectivity index (χ0n) is 12.5. The molecule has 0 unspecified atom stereocenters. The number of aliphatic imine (C=N–C) groups is 1. The van der Waals surface area contributed by atoms with Crippen LogP contribution in [0.1, 0.15) is 13.3 Å². The van der Waals surface area contributed by atoms with Gasteiger partial charge in [0.05, 0.1) is 0 Å². The maximum absolute atomic E-state index is 11.3. The molecule has 0 atom stereocenters. The van der Waals surface area contributed by atoms with Crippen molar-refractivity contribution >= 4 is 35.8 Å². The fourth-order valence-corrected chi connectivity index (χ4v) is 2.50. The lowest BCUT2D eigenvalue weighted by atomic mass is 10.2. The molecule has 2 aliphatic rings. The lowest BCUT2D eigenvalue weighted by Crippen LogP contribution is -2.54. The van der Waals surface area contributed by atoms with Crippen LogP contribution in [0.15, 0.2) is 4.99 Å². The van der Waals surface area contributed by atoms with Gasteiger partial charge in [0, 0.05) is 53.2 Å². The molecule has 2 rings (SSSR count). The number of nitrogens with zero attached hydrogens (tertiary/aromatic N) is 4. The van der Waals surface area contributed by atoms with Crippen LogP contribution in [0, 0.1) is 0 Å². The summed E-state index contributed by atoms with van der Waals surface area (Å²) in [5.41, 5.74) is 0. The lowest BCUT2D eigenvalue weighted by Gasteiger charge is -2.36. The number of carbonyl (C=O) groups is 1. The quantitative estimate of drug-likeness (QED) is 0.417. The topological polar surface area (TPSA) is 51.2 Å². The van der Waals surface area contributed by atoms with Gasteiger partial charge in [0.2, 0.25) is 5.91 Å². The van der Waals surface area contributed by atoms with Crippen LogP contribution in [0.3, 0.4) is 0 Å². The summed E-state index contributed by atoms with van der Waals surface area (Å²) in [5, 5.41) is 3.41. The van der Waals surface area contributed by atoms with E-state index in [-0.39, 0.29) is 29.9 Å². The molecule has 2 saturated heterocycles. The van der Waals surface area contributed by atoms with E-state index in [9.17, 15) is 4.79 Å². The van der Waals surface area contributed by atoms with E-state index >= 15 is 0 Å². The minimum absolute atomic E-state index is 0. The highest BCUT2D eigenvalue weighted by molar-refractivity contribution is 14.0. The second-order valence-electron chi connectivity index (χ2n) is 5.16. The zero-order chi connectivity index (χ0) is 13.7. The van der Waals surface area contributed by atoms with E-state index in [1.54, 1.807) is 6.92 Å². The molecule has 0 aromatic rings. The fourth-order valence-electron chi connectivity index (χ4n) is 2.50. The molecule has 0 aliphatic carbocycles. The largest absolute Gasteiger partial charge is 0.355 e. The molecule has 2 heterocycles. The molecule has 0 aromatic heterocycles. The highest BCUT2D eigenvalue weighted by Crippen LogP contribution is 2.04. The third kappa shape index (κ3) is 4.76. The Morgan fingerprint density at radius 2 is 1.70 bits per heavy atom. The standard InChI is InChI=1S/C13H25N5O.HI/c1-12(19)17-8-10-18(11-9-17)13(14-2)15-4-7-16-5-3-6-16;/h3-11H2,1-2H3,(H,14,15);1H. The number of halogens is 1. The van der Waals surface area contributed by atoms with Gasteiger partial charge in [0.15, 0.2) is 5.96 Å². The predicted octanol–water partition coefficient (Wildman–Crippen LogP) is 0.0496. The Labute approximate surface area is 138 Å². The molecule has 20 heavy (non-hydrogen) atoms. The summed E-state index contributed by atoms with van der Waals surface area (Å²) < 4.78 is 0. The smallest absolute Gasteiger partial charge is 0.219 e. The number of carbonyl (C=O) groups excluding carboxylic acids is 1. The Morgan fingerprint density at radius 3 is 2.15 bits per heavy atom. The van der Waals surface area contributed by atoms with Crippen LogP contribution in [0.2, 0.25) is 0 Å². The van der Waals surface area contributed by atoms with Gasteiger partial charge in [-0.3, -0.25) is 9.79 Å². The van der Waals surface area contributed by atoms with Crippen molar-refractivity contribution < 1.29 is 4.79 Å². The van der Waals surface area contributed by atoms with Crippen molar-refractivity contribution in [2.75, 3.05) is 59.4 Å². The van der Waals surface area contributed by atoms with E-state index in [1.165, 1.54) is 19.5 Å². The maximum atomic E-state index is 11.3. The minimum atomic E-state index is 0. The van der Waals surface area contributed by atoms with Gasteiger partial charge >= 0.3 is 0 Å². The first-order chi connectivity index (χ1) is 9.20. The number of amides is 1. The van der Waals surface area contributed by atoms with E-state index in [4.69, 9.17) is 0 Å². The molecule has 2 aliphatic heterocycles. The number of hydrogen-bond donors (Lipinski definition) is 1. The summed E-state index contributed by atoms with van der Waals surface area (Å²) in [6, 6.07) is 0. The summed E-state index contributed by atoms with van der Waals surface area (Å²) in [6.07, 6.45) is 1.34. The molecule has 2 fully saturated rings. The second kappa shape index (κ2) is 8.66. The Hall–Kier alpha value is -0.570. The van der Waals surface area contributed by atoms with Crippen LogP contribution < -0.4 is 5.32 Å². The summed E-state index contributed by atoms with van der Waals surface area (Å²) in [7, 11) is 1.82. The molecular formula is C13H26IN5O. The van der Waals surface area contributed by atoms with Crippen LogP contribution >= 0.6 is 24.0 Å². The monoisotopic (exact) mass is 395 g/mol. The van der Waals surface area contributed by atoms with E-state index in [2.05, 4.69) is 20.1 Å². The average molecular weight is 395 g/mol. The molecular weight excluding hydrogens is 369 g/mol. The second-order valence-corrected chi connectivity index (χ2v) is 5.16. The molecule has 116 valence electrons. The molecule has 1 N–H and O–H groups in total. The Morgan fingerprint density at radius 1 is 1.10 bits per heavy atom. The van der Waals surface area contributed by atoms with Gasteiger partial charge in [-0.1, -0.05) is 0 Å². The first kappa shape index (κ1) is 17.5. The van der Waals surface area contributed by atoms with Crippen molar-refractivity contribution in [3.63, 3.8) is 0 Å². The number of likely N-dealkylation sites (tertiary alicyclic amines) is 1. The van der Waals surface area contributed by atoms with Crippen molar-refractivity contribution in [2.24, 2.45) is 4.99 Å². The molecule has 6 nitrogen and oxygen atoms in total. The van der Waals surface area contributed by atoms with E-state index in [0.717, 1.165) is 45.2 Å². The Bertz CT molecular complexity index is 338. The van der Waals surface area contributed by atoms with Crippen LogP contribution in [0.25, 0.3) is 0 Å². The highest BCUT2D eigenvalue weighted by Gasteiger charge is 2.21. The van der Waals surface area contributed by atoms with Gasteiger partial charge in [-0.2, -0.15) is 0 Å². The van der Waals surface area contributed by atoms with Gasteiger partial charge < -0.3 is 20.0 Å². The number of hydrogen-bond acceptors (Lipinski definition) is 3. The number of guanidine groups is 1. The number of rotatable bonds is 3. The predicted molar refractivity (Wildman–Crippen MR) is 91.7 cm³/mol. The lowest BCUT2D eigenvalue weighted by molar-refractivity contribution is -0.130. The van der Waals surface area contributed by atoms with E-state index in [0.29, 0.717) is 0 Å². The van der Waals surface area contributed by atoms with Crippen LogP contribution in [0.5, 0.6) is 0 Å². The summed E-state index contributed by atoms with van der Waals surface area (Å²) in [6.45, 7) is 9.45. The summed E-state index contributed by atoms with van der Waals surface area (Å²) >= 11 is 0. The van der Waals surface area contributed by atoms with Crippen LogP contribution in [-0.4, -0.2) is 86.0 Å². The molecule has 0 aromatic carbocycles. The van der Waals surface area contributed by atoms with E-state index < -0.39 is 0 Å². The van der Waals surface area contributed by atoms with Gasteiger partial charge in [0.1, 0.15) is 0 Å². The van der Waals surface area contributed by atoms with Crippen LogP contribution in [-0.2, 0) is 4.79 Å². The third-order valence-electron chi connectivity index (χ3n) is 3.90. The first-order valence-corrected chi connectivity index (χ1v) is 7.14. The maximum Gasteiger partial charge on any atom is 0.219 e. The van der Waals surface area contributed by atoms with E-state index in [1.807, 2.05) is 11.9 Å². The van der Waals surface area contributed by atoms with Crippen molar-refractivity contribution in [1.29, 1.82) is 0 Å². The normalized spacial score (nSPS) is 20.2. The SMILES string of the molecule is CN=C(NCCN1CCC1)N1CCN(C(C)=O)CC1.I. The summed E-state index contributed by atoms with van der Waals surface area (Å²) in [5.74, 6) is 1.13. The molecule has 0 spiro atoms. The molecule has 7 heteroatoms. The van der Waals surface area contributed by atoms with Gasteiger partial charge in [-0.25, -0.2) is 0 Å². The Kier molecular flexibility index (Phi) is 7.57. The van der Waals surface area contributed by atoms with Gasteiger partial charge in [-0.05, 0) is 19.5 Å². The zero-order valence-corrected chi connectivity index (χ0v) is 14.8. The van der Waals surface area contributed by atoms with Crippen molar-refractivity contribution in [3.05, 3.63) is 0 Å². The van der Waals surface area contributed by atoms with Crippen molar-refractivity contribution in [3.8, 4) is 0 Å². The first-order valence-electron chi connectivity index (χ1n) is 7.14. The average Bonchev–Trinajstić information content (AvgIpc) is 2.37. The van der Waals surface area contributed by atoms with Crippen LogP contribution in [0.4, 0.5) is 0 Å². The third-order valence-corrected chi connectivity index (χ3v) is 3.90. The Balaban J connectivity index is 0.00000200. The summed E-state index contributed by atoms with van der Waals surface area (Å²) in [4.78, 5) is 22.2. The fraction of sp³-hybridized carbons (Fsp3) is 0.846. The number of piperazine rings is 1. The molecule has 0 saturated carbocycles. The van der Waals surface area contributed by atoms with Gasteiger partial charge in [-0.15, -0.1) is 24.0 Å². The van der Waals surface area contributed by atoms with Crippen molar-refractivity contribution in [2.45, 2.75) is 13.3 Å². The molecule has 0 bridgehead atoms. The number of nitrogens with one attached hydrogen (secondary N) is 1. The van der Waals surface area contributed by atoms with Gasteiger partial charge in [0.25, 0.3) is 0 Å². The van der Waals surface area contributed by atoms with Crippen molar-refractivity contribution in [1.82, 2.24) is 20.0 Å².